The number of alkyl halides is 2. The Balaban J connectivity index is 1.70. The van der Waals surface area contributed by atoms with Crippen molar-refractivity contribution in [2.45, 2.75) is 63.8 Å². The zero-order valence-electron chi connectivity index (χ0n) is 24.0. The lowest BCUT2D eigenvalue weighted by molar-refractivity contribution is -0.125. The maximum atomic E-state index is 13.9. The summed E-state index contributed by atoms with van der Waals surface area (Å²) in [5.74, 6) is -0.324. The molecule has 0 saturated carbocycles. The topological polar surface area (TPSA) is 88.1 Å². The van der Waals surface area contributed by atoms with Crippen molar-refractivity contribution in [3.05, 3.63) is 107 Å². The summed E-state index contributed by atoms with van der Waals surface area (Å²) in [6.45, 7) is 1.39. The van der Waals surface area contributed by atoms with E-state index in [0.29, 0.717) is 29.5 Å². The van der Waals surface area contributed by atoms with Gasteiger partial charge in [-0.2, -0.15) is 0 Å². The van der Waals surface area contributed by atoms with Gasteiger partial charge >= 0.3 is 6.09 Å². The number of nitrogens with one attached hydrogen (secondary N) is 1. The number of benzene rings is 3. The smallest absolute Gasteiger partial charge is 0.410 e. The molecule has 3 aromatic rings. The summed E-state index contributed by atoms with van der Waals surface area (Å²) in [6.07, 6.45) is -0.474. The molecule has 1 aliphatic rings. The van der Waals surface area contributed by atoms with Crippen molar-refractivity contribution in [1.82, 2.24) is 10.2 Å². The number of amides is 2. The van der Waals surface area contributed by atoms with Gasteiger partial charge in [-0.25, -0.2) is 13.6 Å². The number of hydrogen-bond acceptors (Lipinski definition) is 5. The summed E-state index contributed by atoms with van der Waals surface area (Å²) in [4.78, 5) is 27.6. The van der Waals surface area contributed by atoms with Gasteiger partial charge in [0.15, 0.2) is 0 Å². The van der Waals surface area contributed by atoms with Crippen molar-refractivity contribution in [3.63, 3.8) is 0 Å². The molecule has 1 heterocycles. The van der Waals surface area contributed by atoms with Crippen LogP contribution in [0, 0.1) is 0 Å². The molecule has 0 spiro atoms. The fourth-order valence-corrected chi connectivity index (χ4v) is 5.62. The van der Waals surface area contributed by atoms with Crippen LogP contribution < -0.4 is 5.32 Å². The molecular weight excluding hydrogens is 542 g/mol. The van der Waals surface area contributed by atoms with E-state index in [1.165, 1.54) is 13.0 Å². The summed E-state index contributed by atoms with van der Waals surface area (Å²) >= 11 is 0. The lowest BCUT2D eigenvalue weighted by Crippen LogP contribution is -2.68. The number of halogens is 2. The number of carbonyl (C=O) groups is 2. The van der Waals surface area contributed by atoms with Gasteiger partial charge in [-0.15, -0.1) is 0 Å². The molecule has 224 valence electrons. The highest BCUT2D eigenvalue weighted by Crippen LogP contribution is 2.43. The minimum atomic E-state index is -1.08. The third-order valence-corrected chi connectivity index (χ3v) is 7.90. The number of piperidine rings is 1. The molecule has 3 aromatic carbocycles. The molecule has 4 rings (SSSR count). The Kier molecular flexibility index (Phi) is 10.3. The average molecular weight is 581 g/mol. The zero-order valence-corrected chi connectivity index (χ0v) is 24.0. The van der Waals surface area contributed by atoms with Crippen LogP contribution in [-0.2, 0) is 39.8 Å². The van der Waals surface area contributed by atoms with Crippen LogP contribution >= 0.6 is 0 Å². The summed E-state index contributed by atoms with van der Waals surface area (Å²) in [5.41, 5.74) is 0.849. The Hall–Kier alpha value is -3.82. The molecule has 9 heteroatoms. The highest BCUT2D eigenvalue weighted by atomic mass is 19.1. The van der Waals surface area contributed by atoms with Crippen LogP contribution in [0.4, 0.5) is 13.6 Å². The zero-order chi connectivity index (χ0) is 30.2. The highest BCUT2D eigenvalue weighted by molar-refractivity contribution is 5.75. The van der Waals surface area contributed by atoms with Crippen LogP contribution in [-0.4, -0.2) is 47.3 Å². The molecule has 0 aromatic heterocycles. The van der Waals surface area contributed by atoms with Crippen molar-refractivity contribution in [2.24, 2.45) is 0 Å². The van der Waals surface area contributed by atoms with Crippen LogP contribution in [0.5, 0.6) is 0 Å². The van der Waals surface area contributed by atoms with E-state index in [1.807, 2.05) is 60.7 Å². The minimum absolute atomic E-state index is 0.0212. The van der Waals surface area contributed by atoms with Crippen molar-refractivity contribution in [3.8, 4) is 0 Å². The number of carbonyl (C=O) groups excluding carboxylic acids is 2. The molecule has 0 aliphatic carbocycles. The van der Waals surface area contributed by atoms with E-state index in [0.717, 1.165) is 11.1 Å². The summed E-state index contributed by atoms with van der Waals surface area (Å²) < 4.78 is 39.2. The van der Waals surface area contributed by atoms with E-state index in [9.17, 15) is 23.5 Å². The van der Waals surface area contributed by atoms with Gasteiger partial charge in [0.05, 0.1) is 36.9 Å². The molecule has 2 N–H and O–H groups in total. The van der Waals surface area contributed by atoms with Gasteiger partial charge in [0.1, 0.15) is 20.0 Å². The Morgan fingerprint density at radius 2 is 1.57 bits per heavy atom. The molecular formula is C33H38F2N2O5. The Morgan fingerprint density at radius 1 is 0.952 bits per heavy atom. The van der Waals surface area contributed by atoms with Crippen molar-refractivity contribution in [2.75, 3.05) is 19.8 Å². The van der Waals surface area contributed by atoms with Gasteiger partial charge in [-0.3, -0.25) is 9.69 Å². The minimum Gasteiger partial charge on any atom is -0.445 e. The second-order valence-corrected chi connectivity index (χ2v) is 10.9. The number of aliphatic hydroxyl groups excluding tert-OH is 1. The van der Waals surface area contributed by atoms with E-state index in [1.54, 1.807) is 24.0 Å². The predicted molar refractivity (Wildman–Crippen MR) is 155 cm³/mol. The molecule has 1 saturated heterocycles. The van der Waals surface area contributed by atoms with E-state index < -0.39 is 36.6 Å². The van der Waals surface area contributed by atoms with Crippen LogP contribution in [0.15, 0.2) is 78.9 Å². The standard InChI is InChI=1S/C33H38F2N2O5/c1-24(29-16-27(18-34)15-28(17-29)19-35)42-23-33(30-11-7-4-8-12-30)14-13-32(22-38,36-25(2)39)21-37(33)31(40)41-20-26-9-5-3-6-10-26/h3-12,15-17,24,38H,13-14,18-23H2,1-2H3,(H,36,39)/t24-,32?,33-/m1/s1. The van der Waals surface area contributed by atoms with Gasteiger partial charge in [0.2, 0.25) is 5.91 Å². The molecule has 1 aliphatic heterocycles. The predicted octanol–water partition coefficient (Wildman–Crippen LogP) is 5.90. The first-order valence-electron chi connectivity index (χ1n) is 14.0. The lowest BCUT2D eigenvalue weighted by atomic mass is 9.75. The molecule has 0 radical (unpaired) electrons. The summed E-state index contributed by atoms with van der Waals surface area (Å²) in [7, 11) is 0. The average Bonchev–Trinajstić information content (AvgIpc) is 3.03. The van der Waals surface area contributed by atoms with Crippen LogP contribution in [0.3, 0.4) is 0 Å². The van der Waals surface area contributed by atoms with Crippen molar-refractivity contribution < 1.29 is 33.0 Å². The van der Waals surface area contributed by atoms with E-state index >= 15 is 0 Å². The maximum absolute atomic E-state index is 13.9. The quantitative estimate of drug-likeness (QED) is 0.295. The van der Waals surface area contributed by atoms with Crippen LogP contribution in [0.2, 0.25) is 0 Å². The Bertz CT molecular complexity index is 1320. The molecule has 42 heavy (non-hydrogen) atoms. The molecule has 1 unspecified atom stereocenters. The molecule has 7 nitrogen and oxygen atoms in total. The molecule has 2 amide bonds. The normalized spacial score (nSPS) is 21.0. The largest absolute Gasteiger partial charge is 0.445 e. The van der Waals surface area contributed by atoms with Crippen molar-refractivity contribution in [1.29, 1.82) is 0 Å². The SMILES string of the molecule is CC(=O)NC1(CO)CC[C@@](CO[C@H](C)c2cc(CF)cc(CF)c2)(c2ccccc2)N(C(=O)OCc2ccccc2)C1. The molecule has 3 atom stereocenters. The summed E-state index contributed by atoms with van der Waals surface area (Å²) in [5, 5.41) is 13.3. The first-order valence-corrected chi connectivity index (χ1v) is 14.0. The second kappa shape index (κ2) is 13.9. The number of ether oxygens (including phenoxy) is 2. The molecule has 1 fully saturated rings. The van der Waals surface area contributed by atoms with Crippen LogP contribution in [0.1, 0.15) is 60.6 Å². The lowest BCUT2D eigenvalue weighted by Gasteiger charge is -2.53. The Morgan fingerprint density at radius 3 is 2.14 bits per heavy atom. The third kappa shape index (κ3) is 7.14. The van der Waals surface area contributed by atoms with Gasteiger partial charge < -0.3 is 19.9 Å². The highest BCUT2D eigenvalue weighted by Gasteiger charge is 2.52. The first-order chi connectivity index (χ1) is 20.2. The maximum Gasteiger partial charge on any atom is 0.410 e. The van der Waals surface area contributed by atoms with E-state index in [4.69, 9.17) is 9.47 Å². The molecule has 0 bridgehead atoms. The second-order valence-electron chi connectivity index (χ2n) is 10.9. The fraction of sp³-hybridized carbons (Fsp3) is 0.394. The number of aliphatic hydroxyl groups is 1. The third-order valence-electron chi connectivity index (χ3n) is 7.90. The number of nitrogens with zero attached hydrogens (tertiary/aromatic N) is 1. The van der Waals surface area contributed by atoms with Crippen molar-refractivity contribution >= 4 is 12.0 Å². The fourth-order valence-electron chi connectivity index (χ4n) is 5.62. The number of hydrogen-bond donors (Lipinski definition) is 2. The van der Waals surface area contributed by atoms with Gasteiger partial charge in [-0.1, -0.05) is 78.9 Å². The van der Waals surface area contributed by atoms with Gasteiger partial charge in [0, 0.05) is 6.92 Å². The van der Waals surface area contributed by atoms with Gasteiger partial charge in [-0.05, 0) is 47.6 Å². The van der Waals surface area contributed by atoms with E-state index in [-0.39, 0.29) is 32.3 Å². The Labute approximate surface area is 245 Å². The first kappa shape index (κ1) is 31.1. The number of likely N-dealkylation sites (tertiary alicyclic amines) is 1. The van der Waals surface area contributed by atoms with E-state index in [2.05, 4.69) is 5.32 Å². The monoisotopic (exact) mass is 580 g/mol. The van der Waals surface area contributed by atoms with Gasteiger partial charge in [0.25, 0.3) is 0 Å². The number of rotatable bonds is 11. The summed E-state index contributed by atoms with van der Waals surface area (Å²) in [6, 6.07) is 23.5. The van der Waals surface area contributed by atoms with Crippen LogP contribution in [0.25, 0.3) is 0 Å².